The maximum atomic E-state index is 13.3. The standard InChI is InChI=1S/C13H19FN2O3S/c1-13(2,20(3,18)19)9-16-12(17)15-8-10-6-4-5-7-11(10)14/h4-7H,8-9H2,1-3H3,(H2,15,16,17). The number of rotatable bonds is 5. The van der Waals surface area contributed by atoms with Crippen LogP contribution in [0.5, 0.6) is 0 Å². The molecular formula is C13H19FN2O3S. The molecule has 0 bridgehead atoms. The van der Waals surface area contributed by atoms with Crippen molar-refractivity contribution in [2.75, 3.05) is 12.8 Å². The third-order valence-electron chi connectivity index (χ3n) is 3.08. The van der Waals surface area contributed by atoms with Crippen LogP contribution >= 0.6 is 0 Å². The van der Waals surface area contributed by atoms with Crippen molar-refractivity contribution in [3.63, 3.8) is 0 Å². The molecule has 20 heavy (non-hydrogen) atoms. The molecule has 112 valence electrons. The van der Waals surface area contributed by atoms with Crippen LogP contribution in [0.2, 0.25) is 0 Å². The maximum absolute atomic E-state index is 13.3. The SMILES string of the molecule is CC(C)(CNC(=O)NCc1ccccc1F)S(C)(=O)=O. The van der Waals surface area contributed by atoms with E-state index in [4.69, 9.17) is 0 Å². The van der Waals surface area contributed by atoms with Gasteiger partial charge in [0.2, 0.25) is 0 Å². The van der Waals surface area contributed by atoms with Crippen molar-refractivity contribution in [1.29, 1.82) is 0 Å². The molecule has 0 atom stereocenters. The molecule has 0 spiro atoms. The molecule has 1 aromatic carbocycles. The molecule has 0 aliphatic heterocycles. The predicted molar refractivity (Wildman–Crippen MR) is 75.6 cm³/mol. The third-order valence-corrected chi connectivity index (χ3v) is 5.23. The number of amides is 2. The quantitative estimate of drug-likeness (QED) is 0.864. The summed E-state index contributed by atoms with van der Waals surface area (Å²) in [5, 5.41) is 4.95. The van der Waals surface area contributed by atoms with E-state index in [1.54, 1.807) is 18.2 Å². The molecule has 0 fully saturated rings. The lowest BCUT2D eigenvalue weighted by molar-refractivity contribution is 0.239. The van der Waals surface area contributed by atoms with Crippen LogP contribution in [0.25, 0.3) is 0 Å². The molecule has 5 nitrogen and oxygen atoms in total. The van der Waals surface area contributed by atoms with Gasteiger partial charge in [0.05, 0.1) is 4.75 Å². The maximum Gasteiger partial charge on any atom is 0.315 e. The zero-order valence-electron chi connectivity index (χ0n) is 11.7. The molecule has 0 aliphatic rings. The number of hydrogen-bond donors (Lipinski definition) is 2. The summed E-state index contributed by atoms with van der Waals surface area (Å²) in [6.07, 6.45) is 1.12. The Morgan fingerprint density at radius 3 is 2.40 bits per heavy atom. The van der Waals surface area contributed by atoms with Gasteiger partial charge < -0.3 is 10.6 Å². The van der Waals surface area contributed by atoms with Gasteiger partial charge in [-0.15, -0.1) is 0 Å². The van der Waals surface area contributed by atoms with Gasteiger partial charge in [0, 0.05) is 24.9 Å². The minimum atomic E-state index is -3.27. The van der Waals surface area contributed by atoms with Gasteiger partial charge in [-0.1, -0.05) is 18.2 Å². The monoisotopic (exact) mass is 302 g/mol. The Morgan fingerprint density at radius 1 is 1.25 bits per heavy atom. The third kappa shape index (κ3) is 4.48. The van der Waals surface area contributed by atoms with Gasteiger partial charge in [-0.3, -0.25) is 0 Å². The van der Waals surface area contributed by atoms with Crippen LogP contribution in [0, 0.1) is 5.82 Å². The topological polar surface area (TPSA) is 75.3 Å². The number of sulfone groups is 1. The summed E-state index contributed by atoms with van der Waals surface area (Å²) in [6.45, 7) is 3.08. The van der Waals surface area contributed by atoms with Crippen LogP contribution < -0.4 is 10.6 Å². The number of halogens is 1. The molecule has 0 unspecified atom stereocenters. The first-order valence-corrected chi connectivity index (χ1v) is 7.97. The molecule has 1 aromatic rings. The van der Waals surface area contributed by atoms with Crippen molar-refractivity contribution in [3.05, 3.63) is 35.6 Å². The summed E-state index contributed by atoms with van der Waals surface area (Å²) < 4.78 is 35.2. The first-order valence-electron chi connectivity index (χ1n) is 6.08. The fourth-order valence-corrected chi connectivity index (χ4v) is 1.64. The lowest BCUT2D eigenvalue weighted by atomic mass is 10.2. The van der Waals surface area contributed by atoms with E-state index in [-0.39, 0.29) is 13.1 Å². The molecule has 0 saturated heterocycles. The van der Waals surface area contributed by atoms with Crippen LogP contribution in [0.1, 0.15) is 19.4 Å². The molecule has 0 aliphatic carbocycles. The van der Waals surface area contributed by atoms with Crippen LogP contribution in [0.15, 0.2) is 24.3 Å². The van der Waals surface area contributed by atoms with E-state index in [0.717, 1.165) is 6.26 Å². The number of carbonyl (C=O) groups excluding carboxylic acids is 1. The molecule has 2 N–H and O–H groups in total. The summed E-state index contributed by atoms with van der Waals surface area (Å²) in [5.41, 5.74) is 0.366. The second-order valence-corrected chi connectivity index (χ2v) is 7.81. The minimum Gasteiger partial charge on any atom is -0.337 e. The predicted octanol–water partition coefficient (Wildman–Crippen LogP) is 1.45. The molecule has 0 heterocycles. The van der Waals surface area contributed by atoms with Gasteiger partial charge in [0.1, 0.15) is 5.82 Å². The Hall–Kier alpha value is -1.63. The van der Waals surface area contributed by atoms with Gasteiger partial charge in [-0.25, -0.2) is 17.6 Å². The Morgan fingerprint density at radius 2 is 1.85 bits per heavy atom. The zero-order chi connectivity index (χ0) is 15.4. The summed E-state index contributed by atoms with van der Waals surface area (Å²) in [7, 11) is -3.27. The van der Waals surface area contributed by atoms with Crippen molar-refractivity contribution < 1.29 is 17.6 Å². The van der Waals surface area contributed by atoms with E-state index in [9.17, 15) is 17.6 Å². The van der Waals surface area contributed by atoms with E-state index in [1.165, 1.54) is 19.9 Å². The first-order chi connectivity index (χ1) is 9.13. The normalized spacial score (nSPS) is 12.0. The highest BCUT2D eigenvalue weighted by molar-refractivity contribution is 7.92. The van der Waals surface area contributed by atoms with Crippen LogP contribution in [0.3, 0.4) is 0 Å². The molecule has 0 radical (unpaired) electrons. The van der Waals surface area contributed by atoms with Gasteiger partial charge in [-0.05, 0) is 19.9 Å². The summed E-state index contributed by atoms with van der Waals surface area (Å²) in [6, 6.07) is 5.57. The molecule has 1 rings (SSSR count). The van der Waals surface area contributed by atoms with E-state index in [0.29, 0.717) is 5.56 Å². The fraction of sp³-hybridized carbons (Fsp3) is 0.462. The summed E-state index contributed by atoms with van der Waals surface area (Å²) in [4.78, 5) is 11.6. The second kappa shape index (κ2) is 6.21. The molecule has 2 amide bonds. The van der Waals surface area contributed by atoms with Crippen LogP contribution in [0.4, 0.5) is 9.18 Å². The number of carbonyl (C=O) groups is 1. The lowest BCUT2D eigenvalue weighted by Crippen LogP contribution is -2.46. The summed E-state index contributed by atoms with van der Waals surface area (Å²) >= 11 is 0. The molecule has 0 saturated carbocycles. The smallest absolute Gasteiger partial charge is 0.315 e. The van der Waals surface area contributed by atoms with Gasteiger partial charge in [-0.2, -0.15) is 0 Å². The Kier molecular flexibility index (Phi) is 5.10. The largest absolute Gasteiger partial charge is 0.337 e. The van der Waals surface area contributed by atoms with Crippen LogP contribution in [-0.4, -0.2) is 32.0 Å². The Labute approximate surface area is 118 Å². The average Bonchev–Trinajstić information content (AvgIpc) is 2.34. The van der Waals surface area contributed by atoms with E-state index in [2.05, 4.69) is 10.6 Å². The van der Waals surface area contributed by atoms with Crippen molar-refractivity contribution in [2.45, 2.75) is 25.1 Å². The highest BCUT2D eigenvalue weighted by atomic mass is 32.2. The van der Waals surface area contributed by atoms with E-state index in [1.807, 2.05) is 0 Å². The molecule has 7 heteroatoms. The molecular weight excluding hydrogens is 283 g/mol. The number of nitrogens with one attached hydrogen (secondary N) is 2. The van der Waals surface area contributed by atoms with Crippen molar-refractivity contribution in [3.8, 4) is 0 Å². The fourth-order valence-electron chi connectivity index (χ4n) is 1.30. The Balaban J connectivity index is 2.48. The Bertz CT molecular complexity index is 585. The second-order valence-electron chi connectivity index (χ2n) is 5.16. The van der Waals surface area contributed by atoms with Crippen LogP contribution in [-0.2, 0) is 16.4 Å². The molecule has 0 aromatic heterocycles. The van der Waals surface area contributed by atoms with Crippen molar-refractivity contribution >= 4 is 15.9 Å². The lowest BCUT2D eigenvalue weighted by Gasteiger charge is -2.22. The highest BCUT2D eigenvalue weighted by Gasteiger charge is 2.30. The average molecular weight is 302 g/mol. The van der Waals surface area contributed by atoms with E-state index >= 15 is 0 Å². The van der Waals surface area contributed by atoms with E-state index < -0.39 is 26.4 Å². The number of urea groups is 1. The first kappa shape index (κ1) is 16.4. The number of benzene rings is 1. The van der Waals surface area contributed by atoms with Gasteiger partial charge >= 0.3 is 6.03 Å². The minimum absolute atomic E-state index is 0.0189. The number of hydrogen-bond acceptors (Lipinski definition) is 3. The summed E-state index contributed by atoms with van der Waals surface area (Å²) in [5.74, 6) is -0.399. The van der Waals surface area contributed by atoms with Crippen molar-refractivity contribution in [1.82, 2.24) is 10.6 Å². The van der Waals surface area contributed by atoms with Gasteiger partial charge in [0.25, 0.3) is 0 Å². The van der Waals surface area contributed by atoms with Crippen molar-refractivity contribution in [2.24, 2.45) is 0 Å². The zero-order valence-corrected chi connectivity index (χ0v) is 12.6. The van der Waals surface area contributed by atoms with Gasteiger partial charge in [0.15, 0.2) is 9.84 Å². The highest BCUT2D eigenvalue weighted by Crippen LogP contribution is 2.13.